The van der Waals surface area contributed by atoms with E-state index in [4.69, 9.17) is 5.11 Å². The van der Waals surface area contributed by atoms with Gasteiger partial charge in [-0.25, -0.2) is 4.39 Å². The molecule has 0 fully saturated rings. The van der Waals surface area contributed by atoms with E-state index in [9.17, 15) is 4.39 Å². The summed E-state index contributed by atoms with van der Waals surface area (Å²) >= 11 is 0. The van der Waals surface area contributed by atoms with Crippen molar-refractivity contribution in [3.05, 3.63) is 59.7 Å². The maximum Gasteiger partial charge on any atom is 0.133 e. The van der Waals surface area contributed by atoms with Gasteiger partial charge in [0.15, 0.2) is 0 Å². The average Bonchev–Trinajstić information content (AvgIpc) is 2.39. The van der Waals surface area contributed by atoms with E-state index >= 15 is 0 Å². The molecule has 0 unspecified atom stereocenters. The van der Waals surface area contributed by atoms with Crippen molar-refractivity contribution in [1.29, 1.82) is 0 Å². The minimum Gasteiger partial charge on any atom is -0.506 e. The van der Waals surface area contributed by atoms with Crippen molar-refractivity contribution in [3.8, 4) is 5.75 Å². The van der Waals surface area contributed by atoms with E-state index in [1.54, 1.807) is 24.3 Å². The third-order valence-corrected chi connectivity index (χ3v) is 2.64. The van der Waals surface area contributed by atoms with E-state index in [-0.39, 0.29) is 11.6 Å². The van der Waals surface area contributed by atoms with Crippen LogP contribution >= 0.6 is 0 Å². The summed E-state index contributed by atoms with van der Waals surface area (Å²) in [4.78, 5) is 4.05. The van der Waals surface area contributed by atoms with Crippen LogP contribution in [-0.2, 0) is 13.0 Å². The molecule has 0 radical (unpaired) electrons. The van der Waals surface area contributed by atoms with E-state index in [1.807, 2.05) is 6.07 Å². The smallest absolute Gasteiger partial charge is 0.133 e. The topological polar surface area (TPSA) is 45.1 Å². The Bertz CT molecular complexity index is 499. The van der Waals surface area contributed by atoms with Gasteiger partial charge in [-0.2, -0.15) is 0 Å². The lowest BCUT2D eigenvalue weighted by molar-refractivity contribution is 0.471. The van der Waals surface area contributed by atoms with Gasteiger partial charge < -0.3 is 10.4 Å². The molecule has 0 saturated carbocycles. The highest BCUT2D eigenvalue weighted by Gasteiger charge is 2.00. The zero-order chi connectivity index (χ0) is 12.8. The lowest BCUT2D eigenvalue weighted by Crippen LogP contribution is -2.17. The van der Waals surface area contributed by atoms with Crippen LogP contribution in [0.25, 0.3) is 0 Å². The number of aromatic nitrogens is 1. The van der Waals surface area contributed by atoms with Crippen molar-refractivity contribution in [2.45, 2.75) is 13.0 Å². The van der Waals surface area contributed by atoms with E-state index in [0.29, 0.717) is 25.1 Å². The fourth-order valence-corrected chi connectivity index (χ4v) is 1.66. The highest BCUT2D eigenvalue weighted by Crippen LogP contribution is 2.07. The molecule has 0 saturated heterocycles. The van der Waals surface area contributed by atoms with Crippen LogP contribution in [0.1, 0.15) is 11.3 Å². The molecule has 1 aromatic carbocycles. The molecular formula is C14H15FN2O. The van der Waals surface area contributed by atoms with E-state index < -0.39 is 0 Å². The van der Waals surface area contributed by atoms with Crippen molar-refractivity contribution in [2.24, 2.45) is 0 Å². The number of rotatable bonds is 5. The molecule has 0 bridgehead atoms. The Labute approximate surface area is 105 Å². The quantitative estimate of drug-likeness (QED) is 0.795. The van der Waals surface area contributed by atoms with Crippen molar-refractivity contribution >= 4 is 0 Å². The Morgan fingerprint density at radius 1 is 1.17 bits per heavy atom. The molecule has 2 aromatic rings. The summed E-state index contributed by atoms with van der Waals surface area (Å²) in [6, 6.07) is 10.1. The highest BCUT2D eigenvalue weighted by atomic mass is 19.1. The average molecular weight is 246 g/mol. The van der Waals surface area contributed by atoms with Crippen LogP contribution in [-0.4, -0.2) is 16.6 Å². The number of nitrogens with zero attached hydrogens (tertiary/aromatic N) is 1. The number of nitrogens with one attached hydrogen (secondary N) is 1. The first-order valence-corrected chi connectivity index (χ1v) is 5.84. The summed E-state index contributed by atoms with van der Waals surface area (Å²) in [5.41, 5.74) is 1.56. The third-order valence-electron chi connectivity index (χ3n) is 2.64. The zero-order valence-electron chi connectivity index (χ0n) is 9.94. The summed E-state index contributed by atoms with van der Waals surface area (Å²) in [6.45, 7) is 1.29. The number of hydrogen-bond donors (Lipinski definition) is 2. The molecular weight excluding hydrogens is 231 g/mol. The predicted molar refractivity (Wildman–Crippen MR) is 67.7 cm³/mol. The van der Waals surface area contributed by atoms with Gasteiger partial charge in [-0.3, -0.25) is 4.98 Å². The van der Waals surface area contributed by atoms with Gasteiger partial charge in [0.2, 0.25) is 0 Å². The largest absolute Gasteiger partial charge is 0.506 e. The first kappa shape index (κ1) is 12.5. The maximum absolute atomic E-state index is 13.3. The maximum atomic E-state index is 13.3. The normalized spacial score (nSPS) is 10.5. The number of benzene rings is 1. The van der Waals surface area contributed by atoms with E-state index in [0.717, 1.165) is 5.69 Å². The van der Waals surface area contributed by atoms with Gasteiger partial charge in [-0.1, -0.05) is 18.2 Å². The highest BCUT2D eigenvalue weighted by molar-refractivity contribution is 5.18. The second kappa shape index (κ2) is 6.12. The molecule has 0 amide bonds. The van der Waals surface area contributed by atoms with Gasteiger partial charge in [0, 0.05) is 6.54 Å². The standard InChI is InChI=1S/C14H15FN2O/c15-14-4-2-1-3-11(14)7-8-16-9-12-5-6-13(18)10-17-12/h1-6,10,16,18H,7-9H2. The molecule has 3 nitrogen and oxygen atoms in total. The molecule has 2 N–H and O–H groups in total. The van der Waals surface area contributed by atoms with Crippen LogP contribution < -0.4 is 5.32 Å². The lowest BCUT2D eigenvalue weighted by atomic mass is 10.1. The first-order valence-electron chi connectivity index (χ1n) is 5.84. The number of pyridine rings is 1. The Hall–Kier alpha value is -1.94. The Morgan fingerprint density at radius 3 is 2.72 bits per heavy atom. The molecule has 2 rings (SSSR count). The van der Waals surface area contributed by atoms with Gasteiger partial charge in [0.05, 0.1) is 11.9 Å². The van der Waals surface area contributed by atoms with Gasteiger partial charge in [-0.15, -0.1) is 0 Å². The van der Waals surface area contributed by atoms with E-state index in [1.165, 1.54) is 12.3 Å². The minimum absolute atomic E-state index is 0.158. The zero-order valence-corrected chi connectivity index (χ0v) is 9.94. The lowest BCUT2D eigenvalue weighted by Gasteiger charge is -2.05. The van der Waals surface area contributed by atoms with Gasteiger partial charge in [0.1, 0.15) is 11.6 Å². The Balaban J connectivity index is 1.76. The summed E-state index contributed by atoms with van der Waals surface area (Å²) in [5, 5.41) is 12.3. The molecule has 0 aliphatic carbocycles. The van der Waals surface area contributed by atoms with Crippen LogP contribution in [0.3, 0.4) is 0 Å². The number of hydrogen-bond acceptors (Lipinski definition) is 3. The molecule has 0 aliphatic heterocycles. The van der Waals surface area contributed by atoms with Crippen molar-refractivity contribution in [2.75, 3.05) is 6.54 Å². The summed E-state index contributed by atoms with van der Waals surface area (Å²) < 4.78 is 13.3. The molecule has 0 atom stereocenters. The Kier molecular flexibility index (Phi) is 4.25. The van der Waals surface area contributed by atoms with Crippen molar-refractivity contribution < 1.29 is 9.50 Å². The van der Waals surface area contributed by atoms with Crippen LogP contribution in [0.15, 0.2) is 42.6 Å². The fourth-order valence-electron chi connectivity index (χ4n) is 1.66. The second-order valence-corrected chi connectivity index (χ2v) is 4.03. The molecule has 94 valence electrons. The van der Waals surface area contributed by atoms with Gasteiger partial charge in [0.25, 0.3) is 0 Å². The Morgan fingerprint density at radius 2 is 2.00 bits per heavy atom. The number of halogens is 1. The predicted octanol–water partition coefficient (Wildman–Crippen LogP) is 2.26. The second-order valence-electron chi connectivity index (χ2n) is 4.03. The minimum atomic E-state index is -0.165. The van der Waals surface area contributed by atoms with Crippen molar-refractivity contribution in [3.63, 3.8) is 0 Å². The summed E-state index contributed by atoms with van der Waals surface area (Å²) in [6.07, 6.45) is 2.05. The molecule has 0 spiro atoms. The van der Waals surface area contributed by atoms with Crippen LogP contribution in [0.2, 0.25) is 0 Å². The molecule has 1 heterocycles. The number of aromatic hydroxyl groups is 1. The van der Waals surface area contributed by atoms with E-state index in [2.05, 4.69) is 10.3 Å². The van der Waals surface area contributed by atoms with Gasteiger partial charge >= 0.3 is 0 Å². The summed E-state index contributed by atoms with van der Waals surface area (Å²) in [7, 11) is 0. The SMILES string of the molecule is Oc1ccc(CNCCc2ccccc2F)nc1. The summed E-state index contributed by atoms with van der Waals surface area (Å²) in [5.74, 6) is -0.00725. The first-order chi connectivity index (χ1) is 8.75. The van der Waals surface area contributed by atoms with Crippen molar-refractivity contribution in [1.82, 2.24) is 10.3 Å². The fraction of sp³-hybridized carbons (Fsp3) is 0.214. The molecule has 18 heavy (non-hydrogen) atoms. The third kappa shape index (κ3) is 3.53. The van der Waals surface area contributed by atoms with Crippen LogP contribution in [0.5, 0.6) is 5.75 Å². The molecule has 1 aromatic heterocycles. The monoisotopic (exact) mass is 246 g/mol. The molecule has 4 heteroatoms. The van der Waals surface area contributed by atoms with Gasteiger partial charge in [-0.05, 0) is 36.7 Å². The van der Waals surface area contributed by atoms with Crippen LogP contribution in [0, 0.1) is 5.82 Å². The van der Waals surface area contributed by atoms with Crippen LogP contribution in [0.4, 0.5) is 4.39 Å². The molecule has 0 aliphatic rings.